The third-order valence-electron chi connectivity index (χ3n) is 12.2. The largest absolute Gasteiger partial charge is 0.484 e. The molecule has 352 valence electrons. The number of anilines is 2. The van der Waals surface area contributed by atoms with Crippen LogP contribution in [-0.4, -0.2) is 105 Å². The zero-order valence-corrected chi connectivity index (χ0v) is 39.3. The normalized spacial score (nSPS) is 15.4. The van der Waals surface area contributed by atoms with Crippen LogP contribution in [0, 0.1) is 19.3 Å². The molecular weight excluding hydrogens is 852 g/mol. The van der Waals surface area contributed by atoms with Crippen molar-refractivity contribution in [1.82, 2.24) is 10.2 Å². The Labute approximate surface area is 388 Å². The Morgan fingerprint density at radius 2 is 1.65 bits per heavy atom. The Bertz CT molecular complexity index is 2140. The Morgan fingerprint density at radius 3 is 2.40 bits per heavy atom. The fourth-order valence-electron chi connectivity index (χ4n) is 7.75. The minimum absolute atomic E-state index is 0.0787. The summed E-state index contributed by atoms with van der Waals surface area (Å²) in [6, 6.07) is 18.0. The highest BCUT2D eigenvalue weighted by Crippen LogP contribution is 2.32. The van der Waals surface area contributed by atoms with Crippen LogP contribution in [0.2, 0.25) is 0 Å². The minimum Gasteiger partial charge on any atom is -0.484 e. The first-order valence-electron chi connectivity index (χ1n) is 22.8. The fourth-order valence-corrected chi connectivity index (χ4v) is 7.90. The van der Waals surface area contributed by atoms with Gasteiger partial charge >= 0.3 is 5.97 Å². The molecule has 65 heavy (non-hydrogen) atoms. The number of ketones is 1. The van der Waals surface area contributed by atoms with E-state index in [1.54, 1.807) is 43.0 Å². The Kier molecular flexibility index (Phi) is 19.4. The van der Waals surface area contributed by atoms with Crippen LogP contribution in [0.25, 0.3) is 0 Å². The molecule has 0 radical (unpaired) electrons. The molecule has 3 aromatic rings. The van der Waals surface area contributed by atoms with Crippen molar-refractivity contribution in [3.63, 3.8) is 0 Å². The van der Waals surface area contributed by atoms with E-state index in [4.69, 9.17) is 30.5 Å². The second kappa shape index (κ2) is 24.8. The third kappa shape index (κ3) is 14.9. The van der Waals surface area contributed by atoms with Crippen molar-refractivity contribution in [3.8, 4) is 5.75 Å². The van der Waals surface area contributed by atoms with Crippen molar-refractivity contribution >= 4 is 58.4 Å². The van der Waals surface area contributed by atoms with Crippen LogP contribution in [0.15, 0.2) is 60.7 Å². The lowest BCUT2D eigenvalue weighted by molar-refractivity contribution is -0.164. The summed E-state index contributed by atoms with van der Waals surface area (Å²) in [6.07, 6.45) is 4.47. The number of piperidine rings is 1. The van der Waals surface area contributed by atoms with E-state index in [0.29, 0.717) is 62.2 Å². The van der Waals surface area contributed by atoms with Crippen molar-refractivity contribution in [2.24, 2.45) is 5.41 Å². The molecular formula is C50H65ClN4O10. The van der Waals surface area contributed by atoms with Gasteiger partial charge in [-0.15, -0.1) is 11.6 Å². The van der Waals surface area contributed by atoms with E-state index in [1.807, 2.05) is 25.1 Å². The van der Waals surface area contributed by atoms with E-state index in [1.165, 1.54) is 10.5 Å². The molecule has 0 spiro atoms. The lowest BCUT2D eigenvalue weighted by Crippen LogP contribution is -2.53. The van der Waals surface area contributed by atoms with Crippen LogP contribution in [-0.2, 0) is 55.8 Å². The summed E-state index contributed by atoms with van der Waals surface area (Å²) < 4.78 is 23.1. The lowest BCUT2D eigenvalue weighted by atomic mass is 9.84. The Morgan fingerprint density at radius 1 is 0.862 bits per heavy atom. The third-order valence-corrected chi connectivity index (χ3v) is 12.4. The number of likely N-dealkylation sites (tertiary alicyclic amines) is 1. The van der Waals surface area contributed by atoms with Gasteiger partial charge in [0.15, 0.2) is 6.61 Å². The molecule has 2 heterocycles. The fraction of sp³-hybridized carbons (Fsp3) is 0.520. The number of fused-ring (bicyclic) bond motifs is 1. The average molecular weight is 918 g/mol. The number of benzene rings is 3. The van der Waals surface area contributed by atoms with Crippen LogP contribution in [0.1, 0.15) is 99.6 Å². The summed E-state index contributed by atoms with van der Waals surface area (Å²) in [5.74, 6) is -1.92. The van der Waals surface area contributed by atoms with Crippen molar-refractivity contribution in [1.29, 1.82) is 0 Å². The maximum atomic E-state index is 14.0. The predicted molar refractivity (Wildman–Crippen MR) is 249 cm³/mol. The molecule has 14 nitrogen and oxygen atoms in total. The zero-order chi connectivity index (χ0) is 46.9. The van der Waals surface area contributed by atoms with Gasteiger partial charge in [0.25, 0.3) is 11.8 Å². The molecule has 1 fully saturated rings. The minimum atomic E-state index is -0.867. The van der Waals surface area contributed by atoms with E-state index >= 15 is 0 Å². The van der Waals surface area contributed by atoms with Crippen LogP contribution in [0.4, 0.5) is 11.4 Å². The van der Waals surface area contributed by atoms with E-state index in [2.05, 4.69) is 42.7 Å². The number of esters is 1. The maximum absolute atomic E-state index is 14.0. The monoisotopic (exact) mass is 916 g/mol. The van der Waals surface area contributed by atoms with E-state index < -0.39 is 35.2 Å². The van der Waals surface area contributed by atoms with Gasteiger partial charge in [-0.1, -0.05) is 51.1 Å². The van der Waals surface area contributed by atoms with Crippen LogP contribution >= 0.6 is 11.6 Å². The summed E-state index contributed by atoms with van der Waals surface area (Å²) in [6.45, 7) is 11.5. The van der Waals surface area contributed by atoms with Gasteiger partial charge in [-0.2, -0.15) is 0 Å². The van der Waals surface area contributed by atoms with Gasteiger partial charge in [-0.05, 0) is 123 Å². The van der Waals surface area contributed by atoms with Gasteiger partial charge in [0.1, 0.15) is 23.8 Å². The van der Waals surface area contributed by atoms with Gasteiger partial charge < -0.3 is 39.4 Å². The van der Waals surface area contributed by atoms with E-state index in [9.17, 15) is 28.8 Å². The molecule has 1 saturated heterocycles. The van der Waals surface area contributed by atoms with E-state index in [-0.39, 0.29) is 69.6 Å². The molecule has 2 aliphatic heterocycles. The number of ether oxygens (including phenoxy) is 4. The van der Waals surface area contributed by atoms with Crippen LogP contribution in [0.5, 0.6) is 5.75 Å². The first kappa shape index (κ1) is 50.7. The highest BCUT2D eigenvalue weighted by molar-refractivity contribution is 6.38. The standard InChI is InChI=1S/C50H65ClN4O10/c1-6-50(4,5)47(59)48(60)55-23-8-7-14-42(55)49(61)65-43(20-17-36-16-15-34(2)35(3)29-36)38-11-9-13-39(30-38)53-44(56)21-25-62-27-28-63-26-22-52-45(57)33-64-40-18-19-41-37(31-40)12-10-24-54(41)46(58)32-51/h9,11,13,15-16,18-19,29-31,42-43H,6-8,10,12,14,17,20-28,32-33H2,1-5H3,(H,52,57)(H,53,56)/t42-,43+/m0/s1. The molecule has 4 amide bonds. The zero-order valence-electron chi connectivity index (χ0n) is 38.5. The summed E-state index contributed by atoms with van der Waals surface area (Å²) >= 11 is 5.76. The topological polar surface area (TPSA) is 170 Å². The van der Waals surface area contributed by atoms with Crippen molar-refractivity contribution in [3.05, 3.63) is 88.5 Å². The number of nitrogens with one attached hydrogen (secondary N) is 2. The first-order valence-corrected chi connectivity index (χ1v) is 23.3. The van der Waals surface area contributed by atoms with Crippen molar-refractivity contribution in [2.45, 2.75) is 105 Å². The summed E-state index contributed by atoms with van der Waals surface area (Å²) in [7, 11) is 0. The lowest BCUT2D eigenvalue weighted by Gasteiger charge is -2.36. The molecule has 3 aromatic carbocycles. The van der Waals surface area contributed by atoms with Gasteiger partial charge in [0.05, 0.1) is 32.8 Å². The predicted octanol–water partition coefficient (Wildman–Crippen LogP) is 6.98. The van der Waals surface area contributed by atoms with Gasteiger partial charge in [0.2, 0.25) is 17.6 Å². The number of amides is 4. The number of halogens is 1. The average Bonchev–Trinajstić information content (AvgIpc) is 3.31. The molecule has 0 unspecified atom stereocenters. The first-order chi connectivity index (χ1) is 31.2. The van der Waals surface area contributed by atoms with Crippen molar-refractivity contribution in [2.75, 3.05) is 68.8 Å². The van der Waals surface area contributed by atoms with Crippen LogP contribution in [0.3, 0.4) is 0 Å². The molecule has 0 aromatic heterocycles. The number of alkyl halides is 1. The van der Waals surface area contributed by atoms with Crippen LogP contribution < -0.4 is 20.3 Å². The molecule has 0 aliphatic carbocycles. The molecule has 0 saturated carbocycles. The number of hydrogen-bond donors (Lipinski definition) is 2. The van der Waals surface area contributed by atoms with Gasteiger partial charge in [-0.3, -0.25) is 24.0 Å². The summed E-state index contributed by atoms with van der Waals surface area (Å²) in [4.78, 5) is 81.1. The highest BCUT2D eigenvalue weighted by atomic mass is 35.5. The number of nitrogens with zero attached hydrogens (tertiary/aromatic N) is 2. The molecule has 15 heteroatoms. The van der Waals surface area contributed by atoms with Crippen molar-refractivity contribution < 1.29 is 47.7 Å². The summed E-state index contributed by atoms with van der Waals surface area (Å²) in [5.41, 5.74) is 5.63. The smallest absolute Gasteiger partial charge is 0.329 e. The molecule has 0 bridgehead atoms. The highest BCUT2D eigenvalue weighted by Gasteiger charge is 2.41. The number of Topliss-reactive ketones (excluding diaryl/α,β-unsaturated/α-hetero) is 1. The molecule has 2 N–H and O–H groups in total. The second-order valence-corrected chi connectivity index (χ2v) is 17.6. The van der Waals surface area contributed by atoms with Gasteiger partial charge in [-0.25, -0.2) is 4.79 Å². The Hall–Kier alpha value is -5.31. The number of aryl methyl sites for hydroxylation is 4. The maximum Gasteiger partial charge on any atom is 0.329 e. The van der Waals surface area contributed by atoms with E-state index in [0.717, 1.165) is 41.6 Å². The molecule has 5 rings (SSSR count). The molecule has 2 atom stereocenters. The second-order valence-electron chi connectivity index (χ2n) is 17.3. The quantitative estimate of drug-likeness (QED) is 0.0438. The molecule has 2 aliphatic rings. The number of hydrogen-bond acceptors (Lipinski definition) is 10. The van der Waals surface area contributed by atoms with Gasteiger partial charge in [0, 0.05) is 36.4 Å². The number of rotatable bonds is 23. The number of carbonyl (C=O) groups excluding carboxylic acids is 6. The number of carbonyl (C=O) groups is 6. The Balaban J connectivity index is 1.05. The summed E-state index contributed by atoms with van der Waals surface area (Å²) in [5, 5.41) is 5.67. The SMILES string of the molecule is CCC(C)(C)C(=O)C(=O)N1CCCC[C@H]1C(=O)O[C@H](CCc1ccc(C)c(C)c1)c1cccc(NC(=O)CCOCCOCCNC(=O)COc2ccc3c(c2)CCCN3C(=O)CCl)c1.